The van der Waals surface area contributed by atoms with Crippen LogP contribution >= 0.6 is 0 Å². The Kier molecular flexibility index (Phi) is 12.2. The first-order valence-corrected chi connectivity index (χ1v) is 17.5. The minimum Gasteiger partial charge on any atom is -0.494 e. The van der Waals surface area contributed by atoms with E-state index in [-0.39, 0.29) is 29.8 Å². The standard InChI is InChI=1S/C38H45N3O5S/c1-6-30(5)39-38(43)36(25-31-13-9-8-10-14-31)40(26-32-15-11-12-29(4)24-32)37(42)27-41(33-18-20-34(21-19-33)46-7-2)47(44,45)35-22-16-28(3)17-23-35/h8-24,30,36H,6-7,25-27H2,1-5H3,(H,39,43)/t30-,36+/m1/s1. The van der Waals surface area contributed by atoms with Gasteiger partial charge in [-0.2, -0.15) is 0 Å². The lowest BCUT2D eigenvalue weighted by atomic mass is 10.0. The molecule has 0 aliphatic rings. The lowest BCUT2D eigenvalue weighted by molar-refractivity contribution is -0.140. The minimum absolute atomic E-state index is 0.0605. The Balaban J connectivity index is 1.81. The highest BCUT2D eigenvalue weighted by atomic mass is 32.2. The van der Waals surface area contributed by atoms with Crippen molar-refractivity contribution in [3.63, 3.8) is 0 Å². The van der Waals surface area contributed by atoms with Crippen LogP contribution in [0.3, 0.4) is 0 Å². The van der Waals surface area contributed by atoms with E-state index < -0.39 is 28.5 Å². The monoisotopic (exact) mass is 655 g/mol. The number of amides is 2. The van der Waals surface area contributed by atoms with Crippen LogP contribution in [0.4, 0.5) is 5.69 Å². The maximum absolute atomic E-state index is 14.6. The maximum atomic E-state index is 14.6. The normalized spacial score (nSPS) is 12.5. The molecule has 47 heavy (non-hydrogen) atoms. The van der Waals surface area contributed by atoms with Crippen LogP contribution in [0.2, 0.25) is 0 Å². The molecule has 0 spiro atoms. The van der Waals surface area contributed by atoms with Gasteiger partial charge >= 0.3 is 0 Å². The highest BCUT2D eigenvalue weighted by Gasteiger charge is 2.35. The highest BCUT2D eigenvalue weighted by Crippen LogP contribution is 2.27. The third-order valence-electron chi connectivity index (χ3n) is 8.03. The van der Waals surface area contributed by atoms with Crippen molar-refractivity contribution in [2.75, 3.05) is 17.5 Å². The Morgan fingerprint density at radius 1 is 0.809 bits per heavy atom. The number of sulfonamides is 1. The number of nitrogens with zero attached hydrogens (tertiary/aromatic N) is 2. The van der Waals surface area contributed by atoms with Gasteiger partial charge in [-0.15, -0.1) is 0 Å². The van der Waals surface area contributed by atoms with Gasteiger partial charge < -0.3 is 15.0 Å². The summed E-state index contributed by atoms with van der Waals surface area (Å²) in [6.45, 7) is 9.68. The fraction of sp³-hybridized carbons (Fsp3) is 0.316. The molecule has 0 saturated carbocycles. The zero-order valence-corrected chi connectivity index (χ0v) is 28.7. The van der Waals surface area contributed by atoms with Gasteiger partial charge in [0.1, 0.15) is 18.3 Å². The lowest BCUT2D eigenvalue weighted by Gasteiger charge is -2.34. The zero-order valence-electron chi connectivity index (χ0n) is 27.8. The summed E-state index contributed by atoms with van der Waals surface area (Å²) in [6, 6.07) is 29.5. The number of benzene rings is 4. The van der Waals surface area contributed by atoms with Crippen molar-refractivity contribution in [3.8, 4) is 5.75 Å². The molecule has 1 N–H and O–H groups in total. The Hall–Kier alpha value is -4.63. The summed E-state index contributed by atoms with van der Waals surface area (Å²) in [4.78, 5) is 30.2. The van der Waals surface area contributed by atoms with Gasteiger partial charge in [0, 0.05) is 19.0 Å². The van der Waals surface area contributed by atoms with Crippen LogP contribution in [0.15, 0.2) is 108 Å². The molecule has 4 aromatic carbocycles. The number of hydrogen-bond acceptors (Lipinski definition) is 5. The fourth-order valence-electron chi connectivity index (χ4n) is 5.24. The van der Waals surface area contributed by atoms with Crippen LogP contribution in [0.5, 0.6) is 5.75 Å². The van der Waals surface area contributed by atoms with Gasteiger partial charge in [0.2, 0.25) is 11.8 Å². The highest BCUT2D eigenvalue weighted by molar-refractivity contribution is 7.92. The molecule has 0 unspecified atom stereocenters. The Bertz CT molecular complexity index is 1730. The third kappa shape index (κ3) is 9.45. The van der Waals surface area contributed by atoms with Crippen molar-refractivity contribution in [1.82, 2.24) is 10.2 Å². The van der Waals surface area contributed by atoms with E-state index in [0.717, 1.165) is 33.0 Å². The molecular weight excluding hydrogens is 611 g/mol. The molecule has 4 aromatic rings. The number of ether oxygens (including phenoxy) is 1. The molecule has 2 atom stereocenters. The molecule has 4 rings (SSSR count). The van der Waals surface area contributed by atoms with E-state index in [1.54, 1.807) is 48.5 Å². The Morgan fingerprint density at radius 3 is 2.09 bits per heavy atom. The molecule has 0 heterocycles. The van der Waals surface area contributed by atoms with Gasteiger partial charge in [-0.1, -0.05) is 84.8 Å². The summed E-state index contributed by atoms with van der Waals surface area (Å²) in [5.74, 6) is -0.213. The second-order valence-electron chi connectivity index (χ2n) is 11.8. The van der Waals surface area contributed by atoms with E-state index in [4.69, 9.17) is 4.74 Å². The second kappa shape index (κ2) is 16.3. The average molecular weight is 656 g/mol. The molecule has 0 radical (unpaired) electrons. The lowest BCUT2D eigenvalue weighted by Crippen LogP contribution is -2.54. The molecule has 248 valence electrons. The second-order valence-corrected chi connectivity index (χ2v) is 13.6. The Morgan fingerprint density at radius 2 is 1.47 bits per heavy atom. The Labute approximate surface area is 279 Å². The van der Waals surface area contributed by atoms with E-state index in [1.807, 2.05) is 89.2 Å². The first-order valence-electron chi connectivity index (χ1n) is 16.0. The van der Waals surface area contributed by atoms with Crippen LogP contribution < -0.4 is 14.4 Å². The summed E-state index contributed by atoms with van der Waals surface area (Å²) >= 11 is 0. The van der Waals surface area contributed by atoms with Crippen LogP contribution in [-0.2, 0) is 32.6 Å². The smallest absolute Gasteiger partial charge is 0.264 e. The van der Waals surface area contributed by atoms with E-state index in [2.05, 4.69) is 5.32 Å². The van der Waals surface area contributed by atoms with Crippen molar-refractivity contribution in [2.45, 2.75) is 71.0 Å². The fourth-order valence-corrected chi connectivity index (χ4v) is 6.66. The quantitative estimate of drug-likeness (QED) is 0.159. The molecule has 2 amide bonds. The molecule has 9 heteroatoms. The van der Waals surface area contributed by atoms with Crippen LogP contribution in [0.1, 0.15) is 49.4 Å². The van der Waals surface area contributed by atoms with Crippen LogP contribution in [-0.4, -0.2) is 50.4 Å². The number of carbonyl (C=O) groups is 2. The number of hydrogen-bond donors (Lipinski definition) is 1. The van der Waals surface area contributed by atoms with Crippen molar-refractivity contribution in [1.29, 1.82) is 0 Å². The minimum atomic E-state index is -4.19. The van der Waals surface area contributed by atoms with Gasteiger partial charge in [-0.25, -0.2) is 8.42 Å². The van der Waals surface area contributed by atoms with Gasteiger partial charge in [0.25, 0.3) is 10.0 Å². The molecular formula is C38H45N3O5S. The predicted octanol–water partition coefficient (Wildman–Crippen LogP) is 6.45. The summed E-state index contributed by atoms with van der Waals surface area (Å²) < 4.78 is 35.2. The predicted molar refractivity (Wildman–Crippen MR) is 187 cm³/mol. The van der Waals surface area contributed by atoms with Crippen molar-refractivity contribution >= 4 is 27.5 Å². The number of carbonyl (C=O) groups excluding carboxylic acids is 2. The number of aryl methyl sites for hydroxylation is 2. The summed E-state index contributed by atoms with van der Waals surface area (Å²) in [5.41, 5.74) is 3.95. The summed E-state index contributed by atoms with van der Waals surface area (Å²) in [5, 5.41) is 3.07. The zero-order chi connectivity index (χ0) is 34.0. The summed E-state index contributed by atoms with van der Waals surface area (Å²) in [7, 11) is -4.19. The average Bonchev–Trinajstić information content (AvgIpc) is 3.06. The van der Waals surface area contributed by atoms with Gasteiger partial charge in [-0.3, -0.25) is 13.9 Å². The van der Waals surface area contributed by atoms with E-state index >= 15 is 0 Å². The van der Waals surface area contributed by atoms with Gasteiger partial charge in [0.15, 0.2) is 0 Å². The van der Waals surface area contributed by atoms with Gasteiger partial charge in [0.05, 0.1) is 17.2 Å². The van der Waals surface area contributed by atoms with Crippen molar-refractivity contribution < 1.29 is 22.7 Å². The molecule has 0 aliphatic carbocycles. The van der Waals surface area contributed by atoms with E-state index in [0.29, 0.717) is 18.0 Å². The molecule has 0 bridgehead atoms. The SMILES string of the molecule is CCOc1ccc(N(CC(=O)N(Cc2cccc(C)c2)[C@@H](Cc2ccccc2)C(=O)N[C@H](C)CC)S(=O)(=O)c2ccc(C)cc2)cc1. The maximum Gasteiger partial charge on any atom is 0.264 e. The van der Waals surface area contributed by atoms with Crippen LogP contribution in [0, 0.1) is 13.8 Å². The molecule has 8 nitrogen and oxygen atoms in total. The summed E-state index contributed by atoms with van der Waals surface area (Å²) in [6.07, 6.45) is 0.977. The molecule has 0 aliphatic heterocycles. The van der Waals surface area contributed by atoms with E-state index in [9.17, 15) is 18.0 Å². The molecule has 0 saturated heterocycles. The van der Waals surface area contributed by atoms with Crippen molar-refractivity contribution in [2.24, 2.45) is 0 Å². The van der Waals surface area contributed by atoms with Crippen molar-refractivity contribution in [3.05, 3.63) is 125 Å². The third-order valence-corrected chi connectivity index (χ3v) is 9.82. The molecule has 0 aromatic heterocycles. The van der Waals surface area contributed by atoms with Gasteiger partial charge in [-0.05, 0) is 81.6 Å². The van der Waals surface area contributed by atoms with Crippen LogP contribution in [0.25, 0.3) is 0 Å². The topological polar surface area (TPSA) is 96.0 Å². The first kappa shape index (κ1) is 35.2. The number of rotatable bonds is 15. The first-order chi connectivity index (χ1) is 22.5. The number of nitrogens with one attached hydrogen (secondary N) is 1. The number of anilines is 1. The molecule has 0 fully saturated rings. The van der Waals surface area contributed by atoms with E-state index in [1.165, 1.54) is 4.90 Å². The largest absolute Gasteiger partial charge is 0.494 e.